The van der Waals surface area contributed by atoms with E-state index in [9.17, 15) is 19.5 Å². The molecule has 3 N–H and O–H groups in total. The zero-order chi connectivity index (χ0) is 25.6. The number of nitrogens with zero attached hydrogens (tertiary/aromatic N) is 1. The Kier molecular flexibility index (Phi) is 6.78. The fraction of sp³-hybridized carbons (Fsp3) is 0.423. The van der Waals surface area contributed by atoms with Crippen LogP contribution in [0, 0.1) is 11.8 Å². The van der Waals surface area contributed by atoms with Gasteiger partial charge in [-0.3, -0.25) is 14.4 Å². The van der Waals surface area contributed by atoms with Crippen molar-refractivity contribution in [1.29, 1.82) is 0 Å². The molecule has 2 aromatic rings. The second kappa shape index (κ2) is 9.72. The van der Waals surface area contributed by atoms with Gasteiger partial charge in [0.15, 0.2) is 0 Å². The number of aliphatic hydroxyl groups excluding tert-OH is 1. The van der Waals surface area contributed by atoms with Gasteiger partial charge < -0.3 is 25.4 Å². The summed E-state index contributed by atoms with van der Waals surface area (Å²) in [4.78, 5) is 42.7. The van der Waals surface area contributed by atoms with Crippen molar-refractivity contribution in [3.05, 3.63) is 60.2 Å². The number of likely N-dealkylation sites (tertiary alicyclic amines) is 1. The number of rotatable bonds is 7. The largest absolute Gasteiger partial charge is 0.497 e. The lowest BCUT2D eigenvalue weighted by Crippen LogP contribution is -2.53. The van der Waals surface area contributed by atoms with Crippen LogP contribution in [0.5, 0.6) is 5.75 Å². The number of ether oxygens (including phenoxy) is 1. The second-order valence-electron chi connectivity index (χ2n) is 9.35. The van der Waals surface area contributed by atoms with E-state index in [1.165, 1.54) is 4.90 Å². The smallest absolute Gasteiger partial charge is 0.248 e. The predicted octanol–water partition coefficient (Wildman–Crippen LogP) is 2.58. The number of carbonyl (C=O) groups is 3. The van der Waals surface area contributed by atoms with Crippen LogP contribution < -0.4 is 15.4 Å². The van der Waals surface area contributed by atoms with E-state index >= 15 is 0 Å². The summed E-state index contributed by atoms with van der Waals surface area (Å²) in [5, 5.41) is 16.1. The van der Waals surface area contributed by atoms with E-state index in [1.807, 2.05) is 30.3 Å². The Hall–Kier alpha value is -2.56. The van der Waals surface area contributed by atoms with Gasteiger partial charge in [0, 0.05) is 22.8 Å². The molecule has 190 valence electrons. The molecular weight excluding hydrogens is 546 g/mol. The topological polar surface area (TPSA) is 108 Å². The minimum atomic E-state index is -0.876. The maximum atomic E-state index is 14.1. The van der Waals surface area contributed by atoms with Crippen LogP contribution in [0.2, 0.25) is 0 Å². The molecule has 0 aliphatic carbocycles. The molecule has 36 heavy (non-hydrogen) atoms. The maximum Gasteiger partial charge on any atom is 0.248 e. The van der Waals surface area contributed by atoms with Crippen LogP contribution in [0.15, 0.2) is 54.6 Å². The third-order valence-corrected chi connectivity index (χ3v) is 10.8. The highest BCUT2D eigenvalue weighted by molar-refractivity contribution is 9.09. The van der Waals surface area contributed by atoms with Gasteiger partial charge in [0.05, 0.1) is 36.3 Å². The number of carbonyl (C=O) groups excluding carboxylic acids is 3. The van der Waals surface area contributed by atoms with Crippen LogP contribution >= 0.6 is 27.7 Å². The Balaban J connectivity index is 1.59. The summed E-state index contributed by atoms with van der Waals surface area (Å²) in [6.07, 6.45) is 0.566. The van der Waals surface area contributed by atoms with Gasteiger partial charge >= 0.3 is 0 Å². The van der Waals surface area contributed by atoms with Crippen molar-refractivity contribution in [1.82, 2.24) is 10.2 Å². The van der Waals surface area contributed by atoms with E-state index in [2.05, 4.69) is 26.6 Å². The van der Waals surface area contributed by atoms with Crippen LogP contribution in [0.3, 0.4) is 0 Å². The standard InChI is InChI=1S/C26H28BrN3O5S/c1-28-23(32)19-20-25(34)30(18(13-31)14-6-4-3-5-7-14)22(26(20)12-17(27)21(19)36-26)24(33)29-15-8-10-16(35-2)11-9-15/h3-11,17-22,31H,12-13H2,1-2H3,(H,28,32)(H,29,33)/t17?,18-,19-,20+,21-,22?,26?/m1/s1. The number of nitrogens with one attached hydrogen (secondary N) is 2. The number of hydrogen-bond donors (Lipinski definition) is 3. The van der Waals surface area contributed by atoms with Gasteiger partial charge in [-0.1, -0.05) is 46.3 Å². The molecule has 3 saturated heterocycles. The van der Waals surface area contributed by atoms with Crippen molar-refractivity contribution < 1.29 is 24.2 Å². The number of thioether (sulfide) groups is 1. The number of amides is 3. The van der Waals surface area contributed by atoms with Crippen LogP contribution in [-0.2, 0) is 14.4 Å². The van der Waals surface area contributed by atoms with Gasteiger partial charge in [-0.05, 0) is 36.2 Å². The summed E-state index contributed by atoms with van der Waals surface area (Å²) in [6.45, 7) is -0.346. The van der Waals surface area contributed by atoms with Gasteiger partial charge in [0.2, 0.25) is 17.7 Å². The summed E-state index contributed by atoms with van der Waals surface area (Å²) in [7, 11) is 3.14. The fourth-order valence-electron chi connectivity index (χ4n) is 6.08. The first-order chi connectivity index (χ1) is 17.4. The number of benzene rings is 2. The van der Waals surface area contributed by atoms with Crippen LogP contribution in [0.1, 0.15) is 18.0 Å². The molecule has 1 spiro atoms. The summed E-state index contributed by atoms with van der Waals surface area (Å²) < 4.78 is 4.41. The lowest BCUT2D eigenvalue weighted by Gasteiger charge is -2.37. The molecule has 3 unspecified atom stereocenters. The first-order valence-electron chi connectivity index (χ1n) is 11.8. The van der Waals surface area contributed by atoms with Crippen molar-refractivity contribution >= 4 is 51.1 Å². The molecule has 3 fully saturated rings. The SMILES string of the molecule is CNC(=O)[C@H]1[C@@H]2SC3(CC2Br)C(C(=O)Nc2ccc(OC)cc2)N([C@H](CO)c2ccccc2)C(=O)[C@H]13. The molecule has 3 aliphatic heterocycles. The van der Waals surface area contributed by atoms with Crippen molar-refractivity contribution in [3.63, 3.8) is 0 Å². The Morgan fingerprint density at radius 2 is 1.89 bits per heavy atom. The van der Waals surface area contributed by atoms with Crippen molar-refractivity contribution in [2.75, 3.05) is 26.1 Å². The fourth-order valence-corrected chi connectivity index (χ4v) is 9.68. The predicted molar refractivity (Wildman–Crippen MR) is 141 cm³/mol. The Morgan fingerprint density at radius 1 is 1.19 bits per heavy atom. The van der Waals surface area contributed by atoms with E-state index in [0.29, 0.717) is 17.9 Å². The normalized spacial score (nSPS) is 31.2. The minimum Gasteiger partial charge on any atom is -0.497 e. The molecule has 0 saturated carbocycles. The van der Waals surface area contributed by atoms with E-state index in [4.69, 9.17) is 4.74 Å². The number of hydrogen-bond acceptors (Lipinski definition) is 6. The zero-order valence-corrected chi connectivity index (χ0v) is 22.3. The van der Waals surface area contributed by atoms with Crippen LogP contribution in [-0.4, -0.2) is 69.4 Å². The monoisotopic (exact) mass is 573 g/mol. The first-order valence-corrected chi connectivity index (χ1v) is 13.6. The van der Waals surface area contributed by atoms with Crippen molar-refractivity contribution in [2.45, 2.75) is 33.3 Å². The molecule has 2 bridgehead atoms. The molecule has 5 rings (SSSR count). The summed E-state index contributed by atoms with van der Waals surface area (Å²) in [5.74, 6) is -1.37. The number of alkyl halides is 1. The first kappa shape index (κ1) is 25.1. The Labute approximate surface area is 222 Å². The minimum absolute atomic E-state index is 0.0191. The van der Waals surface area contributed by atoms with E-state index in [1.54, 1.807) is 50.2 Å². The number of fused-ring (bicyclic) bond motifs is 1. The van der Waals surface area contributed by atoms with Gasteiger partial charge in [0.1, 0.15) is 11.8 Å². The highest BCUT2D eigenvalue weighted by Gasteiger charge is 2.76. The molecule has 10 heteroatoms. The zero-order valence-electron chi connectivity index (χ0n) is 19.9. The molecule has 8 nitrogen and oxygen atoms in total. The molecule has 3 heterocycles. The average Bonchev–Trinajstić information content (AvgIpc) is 3.49. The van der Waals surface area contributed by atoms with E-state index in [0.717, 1.165) is 5.56 Å². The quantitative estimate of drug-likeness (QED) is 0.439. The summed E-state index contributed by atoms with van der Waals surface area (Å²) >= 11 is 5.30. The number of halogens is 1. The second-order valence-corrected chi connectivity index (χ2v) is 12.1. The summed E-state index contributed by atoms with van der Waals surface area (Å²) in [6, 6.07) is 14.6. The molecule has 0 aromatic heterocycles. The summed E-state index contributed by atoms with van der Waals surface area (Å²) in [5.41, 5.74) is 1.31. The Bertz CT molecular complexity index is 1170. The van der Waals surface area contributed by atoms with Gasteiger partial charge in [0.25, 0.3) is 0 Å². The average molecular weight is 574 g/mol. The molecule has 3 amide bonds. The van der Waals surface area contributed by atoms with E-state index < -0.39 is 28.7 Å². The number of methoxy groups -OCH3 is 1. The third kappa shape index (κ3) is 3.81. The lowest BCUT2D eigenvalue weighted by molar-refractivity contribution is -0.142. The highest BCUT2D eigenvalue weighted by Crippen LogP contribution is 2.68. The van der Waals surface area contributed by atoms with Crippen LogP contribution in [0.4, 0.5) is 5.69 Å². The Morgan fingerprint density at radius 3 is 2.50 bits per heavy atom. The highest BCUT2D eigenvalue weighted by atomic mass is 79.9. The van der Waals surface area contributed by atoms with Crippen molar-refractivity contribution in [2.24, 2.45) is 11.8 Å². The molecule has 0 radical (unpaired) electrons. The van der Waals surface area contributed by atoms with Gasteiger partial charge in [-0.25, -0.2) is 0 Å². The number of anilines is 1. The number of aliphatic hydroxyl groups is 1. The molecule has 3 aliphatic rings. The van der Waals surface area contributed by atoms with Crippen molar-refractivity contribution in [3.8, 4) is 5.75 Å². The maximum absolute atomic E-state index is 14.1. The lowest BCUT2D eigenvalue weighted by atomic mass is 9.70. The van der Waals surface area contributed by atoms with E-state index in [-0.39, 0.29) is 34.4 Å². The van der Waals surface area contributed by atoms with Crippen LogP contribution in [0.25, 0.3) is 0 Å². The molecule has 2 aromatic carbocycles. The third-order valence-electron chi connectivity index (χ3n) is 7.58. The molecule has 7 atom stereocenters. The van der Waals surface area contributed by atoms with Gasteiger partial charge in [-0.15, -0.1) is 11.8 Å². The van der Waals surface area contributed by atoms with Gasteiger partial charge in [-0.2, -0.15) is 0 Å². The molecular formula is C26H28BrN3O5S.